The molecule has 30 heavy (non-hydrogen) atoms. The van der Waals surface area contributed by atoms with E-state index >= 15 is 0 Å². The summed E-state index contributed by atoms with van der Waals surface area (Å²) >= 11 is 6.17. The summed E-state index contributed by atoms with van der Waals surface area (Å²) in [6.07, 6.45) is 1.48. The van der Waals surface area contributed by atoms with Gasteiger partial charge in [-0.1, -0.05) is 23.7 Å². The van der Waals surface area contributed by atoms with E-state index in [4.69, 9.17) is 16.3 Å². The van der Waals surface area contributed by atoms with Crippen LogP contribution in [0, 0.1) is 31.0 Å². The number of aryl methyl sites for hydroxylation is 1. The Bertz CT molecular complexity index is 1190. The molecular formula is C23H19ClFN3O2. The lowest BCUT2D eigenvalue weighted by Crippen LogP contribution is -2.14. The van der Waals surface area contributed by atoms with Gasteiger partial charge in [-0.15, -0.1) is 0 Å². The smallest absolute Gasteiger partial charge is 0.266 e. The van der Waals surface area contributed by atoms with Gasteiger partial charge in [0.1, 0.15) is 23.2 Å². The van der Waals surface area contributed by atoms with Crippen LogP contribution in [-0.2, 0) is 4.79 Å². The number of carbonyl (C=O) groups is 1. The molecule has 2 aromatic carbocycles. The summed E-state index contributed by atoms with van der Waals surface area (Å²) in [5, 5.41) is 12.5. The number of anilines is 1. The van der Waals surface area contributed by atoms with E-state index < -0.39 is 11.7 Å². The molecule has 3 rings (SSSR count). The Labute approximate surface area is 179 Å². The van der Waals surface area contributed by atoms with E-state index in [0.717, 1.165) is 17.1 Å². The lowest BCUT2D eigenvalue weighted by Gasteiger charge is -2.14. The molecule has 152 valence electrons. The first kappa shape index (κ1) is 21.2. The van der Waals surface area contributed by atoms with Gasteiger partial charge in [-0.05, 0) is 61.9 Å². The number of nitriles is 1. The van der Waals surface area contributed by atoms with Crippen molar-refractivity contribution in [3.8, 4) is 17.5 Å². The van der Waals surface area contributed by atoms with Crippen molar-refractivity contribution in [3.63, 3.8) is 0 Å². The molecule has 0 bridgehead atoms. The van der Waals surface area contributed by atoms with Crippen molar-refractivity contribution in [2.75, 3.05) is 12.4 Å². The van der Waals surface area contributed by atoms with Crippen molar-refractivity contribution in [1.29, 1.82) is 5.26 Å². The van der Waals surface area contributed by atoms with Gasteiger partial charge in [0.05, 0.1) is 18.5 Å². The van der Waals surface area contributed by atoms with Crippen LogP contribution in [0.3, 0.4) is 0 Å². The number of amides is 1. The van der Waals surface area contributed by atoms with Gasteiger partial charge in [0.25, 0.3) is 5.91 Å². The fraction of sp³-hybridized carbons (Fsp3) is 0.130. The van der Waals surface area contributed by atoms with Crippen molar-refractivity contribution in [2.45, 2.75) is 13.8 Å². The second-order valence-corrected chi connectivity index (χ2v) is 7.02. The molecule has 0 unspecified atom stereocenters. The van der Waals surface area contributed by atoms with Gasteiger partial charge in [-0.2, -0.15) is 5.26 Å². The quantitative estimate of drug-likeness (QED) is 0.439. The van der Waals surface area contributed by atoms with Gasteiger partial charge in [-0.25, -0.2) is 4.39 Å². The number of hydrogen-bond acceptors (Lipinski definition) is 3. The molecule has 0 radical (unpaired) electrons. The van der Waals surface area contributed by atoms with E-state index in [0.29, 0.717) is 16.3 Å². The van der Waals surface area contributed by atoms with E-state index in [1.807, 2.05) is 30.6 Å². The van der Waals surface area contributed by atoms with E-state index in [1.165, 1.54) is 24.3 Å². The molecule has 5 nitrogen and oxygen atoms in total. The van der Waals surface area contributed by atoms with Crippen molar-refractivity contribution in [3.05, 3.63) is 81.9 Å². The number of carbonyl (C=O) groups excluding carboxylic acids is 1. The van der Waals surface area contributed by atoms with Crippen LogP contribution in [-0.4, -0.2) is 17.6 Å². The molecule has 0 atom stereocenters. The molecule has 0 saturated carbocycles. The van der Waals surface area contributed by atoms with Crippen LogP contribution in [0.15, 0.2) is 54.1 Å². The highest BCUT2D eigenvalue weighted by molar-refractivity contribution is 6.30. The minimum atomic E-state index is -0.687. The molecule has 1 aromatic heterocycles. The van der Waals surface area contributed by atoms with Gasteiger partial charge in [0.15, 0.2) is 0 Å². The molecule has 0 fully saturated rings. The first-order chi connectivity index (χ1) is 14.3. The first-order valence-corrected chi connectivity index (χ1v) is 9.44. The molecule has 7 heteroatoms. The van der Waals surface area contributed by atoms with Crippen LogP contribution in [0.1, 0.15) is 17.0 Å². The number of benzene rings is 2. The number of ether oxygens (including phenoxy) is 1. The predicted molar refractivity (Wildman–Crippen MR) is 115 cm³/mol. The number of para-hydroxylation sites is 1. The second-order valence-electron chi connectivity index (χ2n) is 6.58. The average Bonchev–Trinajstić information content (AvgIpc) is 3.00. The Kier molecular flexibility index (Phi) is 6.24. The van der Waals surface area contributed by atoms with Crippen LogP contribution in [0.5, 0.6) is 5.75 Å². The number of rotatable bonds is 5. The Balaban J connectivity index is 2.00. The Hall–Kier alpha value is -3.56. The minimum absolute atomic E-state index is 0.0118. The lowest BCUT2D eigenvalue weighted by molar-refractivity contribution is -0.112. The molecule has 0 aliphatic carbocycles. The number of hydrogen-bond donors (Lipinski definition) is 1. The largest absolute Gasteiger partial charge is 0.495 e. The third-order valence-corrected chi connectivity index (χ3v) is 4.87. The summed E-state index contributed by atoms with van der Waals surface area (Å²) in [4.78, 5) is 12.5. The SMILES string of the molecule is COc1ccc(Cl)cc1-n1c(C)cc(/C=C(/C#N)C(=O)Nc2ccccc2F)c1C. The molecule has 3 aromatic rings. The van der Waals surface area contributed by atoms with Crippen LogP contribution < -0.4 is 10.1 Å². The second kappa shape index (κ2) is 8.85. The average molecular weight is 424 g/mol. The third kappa shape index (κ3) is 4.22. The monoisotopic (exact) mass is 423 g/mol. The molecule has 1 heterocycles. The Morgan fingerprint density at radius 1 is 1.23 bits per heavy atom. The van der Waals surface area contributed by atoms with Crippen LogP contribution in [0.2, 0.25) is 5.02 Å². The fourth-order valence-corrected chi connectivity index (χ4v) is 3.36. The summed E-state index contributed by atoms with van der Waals surface area (Å²) in [7, 11) is 1.57. The Morgan fingerprint density at radius 3 is 2.63 bits per heavy atom. The number of aromatic nitrogens is 1. The standard InChI is InChI=1S/C23H19ClFN3O2/c1-14-10-16(15(2)28(14)21-12-18(24)8-9-22(21)30-3)11-17(13-26)23(29)27-20-7-5-4-6-19(20)25/h4-12H,1-3H3,(H,27,29)/b17-11-. The predicted octanol–water partition coefficient (Wildman–Crippen LogP) is 5.44. The topological polar surface area (TPSA) is 67.0 Å². The zero-order chi connectivity index (χ0) is 21.8. The van der Waals surface area contributed by atoms with Crippen LogP contribution >= 0.6 is 11.6 Å². The summed E-state index contributed by atoms with van der Waals surface area (Å²) in [6, 6.07) is 14.8. The maximum atomic E-state index is 13.8. The molecular weight excluding hydrogens is 405 g/mol. The van der Waals surface area contributed by atoms with Gasteiger partial charge in [0, 0.05) is 16.4 Å². The first-order valence-electron chi connectivity index (χ1n) is 9.06. The van der Waals surface area contributed by atoms with Crippen molar-refractivity contribution < 1.29 is 13.9 Å². The third-order valence-electron chi connectivity index (χ3n) is 4.64. The van der Waals surface area contributed by atoms with E-state index in [1.54, 1.807) is 31.4 Å². The highest BCUT2D eigenvalue weighted by Gasteiger charge is 2.17. The van der Waals surface area contributed by atoms with Gasteiger partial charge >= 0.3 is 0 Å². The van der Waals surface area contributed by atoms with Gasteiger partial charge in [0.2, 0.25) is 0 Å². The van der Waals surface area contributed by atoms with Crippen molar-refractivity contribution in [2.24, 2.45) is 0 Å². The lowest BCUT2D eigenvalue weighted by atomic mass is 10.1. The Morgan fingerprint density at radius 2 is 1.97 bits per heavy atom. The van der Waals surface area contributed by atoms with Crippen LogP contribution in [0.25, 0.3) is 11.8 Å². The fourth-order valence-electron chi connectivity index (χ4n) is 3.20. The molecule has 0 aliphatic heterocycles. The minimum Gasteiger partial charge on any atom is -0.495 e. The molecule has 0 spiro atoms. The normalized spacial score (nSPS) is 11.1. The summed E-state index contributed by atoms with van der Waals surface area (Å²) in [5.74, 6) is -0.628. The van der Waals surface area contributed by atoms with Gasteiger partial charge in [-0.3, -0.25) is 4.79 Å². The van der Waals surface area contributed by atoms with Crippen LogP contribution in [0.4, 0.5) is 10.1 Å². The summed E-state index contributed by atoms with van der Waals surface area (Å²) in [5.41, 5.74) is 2.95. The molecule has 1 N–H and O–H groups in total. The van der Waals surface area contributed by atoms with Crippen molar-refractivity contribution >= 4 is 29.3 Å². The highest BCUT2D eigenvalue weighted by atomic mass is 35.5. The van der Waals surface area contributed by atoms with Gasteiger partial charge < -0.3 is 14.6 Å². The maximum Gasteiger partial charge on any atom is 0.266 e. The number of nitrogens with zero attached hydrogens (tertiary/aromatic N) is 2. The zero-order valence-electron chi connectivity index (χ0n) is 16.7. The van der Waals surface area contributed by atoms with Crippen molar-refractivity contribution in [1.82, 2.24) is 4.57 Å². The van der Waals surface area contributed by atoms with E-state index in [-0.39, 0.29) is 11.3 Å². The van der Waals surface area contributed by atoms with E-state index in [2.05, 4.69) is 5.32 Å². The number of methoxy groups -OCH3 is 1. The molecule has 0 saturated heterocycles. The zero-order valence-corrected chi connectivity index (χ0v) is 17.4. The summed E-state index contributed by atoms with van der Waals surface area (Å²) < 4.78 is 21.2. The summed E-state index contributed by atoms with van der Waals surface area (Å²) in [6.45, 7) is 3.76. The number of nitrogens with one attached hydrogen (secondary N) is 1. The maximum absolute atomic E-state index is 13.8. The highest BCUT2D eigenvalue weighted by Crippen LogP contribution is 2.31. The molecule has 0 aliphatic rings. The number of halogens is 2. The molecule has 1 amide bonds. The van der Waals surface area contributed by atoms with E-state index in [9.17, 15) is 14.4 Å².